The largest absolute Gasteiger partial charge is 0.452 e. The Morgan fingerprint density at radius 2 is 2.12 bits per heavy atom. The van der Waals surface area contributed by atoms with Gasteiger partial charge in [0.25, 0.3) is 0 Å². The van der Waals surface area contributed by atoms with Crippen LogP contribution < -0.4 is 0 Å². The number of carbonyl (C=O) groups is 1. The number of benzene rings is 1. The quantitative estimate of drug-likeness (QED) is 0.431. The lowest BCUT2D eigenvalue weighted by Gasteiger charge is -2.14. The van der Waals surface area contributed by atoms with Crippen molar-refractivity contribution in [3.63, 3.8) is 0 Å². The van der Waals surface area contributed by atoms with E-state index < -0.39 is 0 Å². The van der Waals surface area contributed by atoms with Crippen LogP contribution in [-0.2, 0) is 9.47 Å². The molecule has 1 aliphatic carbocycles. The van der Waals surface area contributed by atoms with E-state index >= 15 is 0 Å². The van der Waals surface area contributed by atoms with Crippen molar-refractivity contribution in [2.45, 2.75) is 24.7 Å². The van der Waals surface area contributed by atoms with Crippen molar-refractivity contribution >= 4 is 5.97 Å². The summed E-state index contributed by atoms with van der Waals surface area (Å²) in [5.41, 5.74) is 0.582. The molecule has 3 heteroatoms. The maximum absolute atomic E-state index is 11.8. The van der Waals surface area contributed by atoms with E-state index in [-0.39, 0.29) is 24.3 Å². The predicted octanol–water partition coefficient (Wildman–Crippen LogP) is 1.94. The van der Waals surface area contributed by atoms with Gasteiger partial charge in [0, 0.05) is 0 Å². The second-order valence-corrected chi connectivity index (χ2v) is 4.04. The second kappa shape index (κ2) is 3.76. The van der Waals surface area contributed by atoms with Crippen LogP contribution in [0.5, 0.6) is 0 Å². The molecule has 1 fully saturated rings. The molecule has 3 atom stereocenters. The normalized spacial score (nSPS) is 30.6. The van der Waals surface area contributed by atoms with Gasteiger partial charge in [0.15, 0.2) is 0 Å². The van der Waals surface area contributed by atoms with Crippen molar-refractivity contribution in [1.82, 2.24) is 0 Å². The Morgan fingerprint density at radius 1 is 1.31 bits per heavy atom. The minimum Gasteiger partial charge on any atom is -0.452 e. The van der Waals surface area contributed by atoms with E-state index in [0.29, 0.717) is 5.56 Å². The molecule has 0 saturated carbocycles. The number of hydrogen-bond donors (Lipinski definition) is 0. The lowest BCUT2D eigenvalue weighted by atomic mass is 10.1. The van der Waals surface area contributed by atoms with Crippen molar-refractivity contribution < 1.29 is 14.3 Å². The zero-order chi connectivity index (χ0) is 11.0. The number of rotatable bonds is 2. The van der Waals surface area contributed by atoms with E-state index in [4.69, 9.17) is 9.47 Å². The first-order valence-corrected chi connectivity index (χ1v) is 5.43. The first-order chi connectivity index (χ1) is 7.84. The third-order valence-electron chi connectivity index (χ3n) is 2.89. The van der Waals surface area contributed by atoms with Gasteiger partial charge < -0.3 is 9.47 Å². The van der Waals surface area contributed by atoms with Crippen LogP contribution >= 0.6 is 0 Å². The molecule has 1 heterocycles. The fourth-order valence-electron chi connectivity index (χ4n) is 1.96. The molecular weight excluding hydrogens is 204 g/mol. The van der Waals surface area contributed by atoms with Gasteiger partial charge in [-0.05, 0) is 24.6 Å². The maximum Gasteiger partial charge on any atom is 0.338 e. The Bertz CT molecular complexity index is 424. The van der Waals surface area contributed by atoms with E-state index in [1.807, 2.05) is 30.4 Å². The summed E-state index contributed by atoms with van der Waals surface area (Å²) in [5, 5.41) is 0. The molecule has 0 N–H and O–H groups in total. The summed E-state index contributed by atoms with van der Waals surface area (Å²) in [5.74, 6) is -0.286. The Morgan fingerprint density at radius 3 is 2.94 bits per heavy atom. The maximum atomic E-state index is 11.8. The van der Waals surface area contributed by atoms with Gasteiger partial charge in [0.1, 0.15) is 12.2 Å². The molecule has 3 rings (SSSR count). The standard InChI is InChI=1S/C13H12O3/c14-13(9-5-2-1-3-6-9)16-11-8-4-7-10-12(11)15-10/h1-6,8,10-12H,7H2/t10-,11+,12-/m0/s1. The van der Waals surface area contributed by atoms with Gasteiger partial charge >= 0.3 is 5.97 Å². The molecule has 1 aromatic rings. The molecule has 0 spiro atoms. The molecule has 1 aliphatic heterocycles. The van der Waals surface area contributed by atoms with Crippen LogP contribution in [0.2, 0.25) is 0 Å². The molecule has 0 bridgehead atoms. The highest BCUT2D eigenvalue weighted by Gasteiger charge is 2.47. The number of hydrogen-bond acceptors (Lipinski definition) is 3. The van der Waals surface area contributed by atoms with Gasteiger partial charge in [-0.2, -0.15) is 0 Å². The van der Waals surface area contributed by atoms with E-state index in [1.54, 1.807) is 12.1 Å². The summed E-state index contributed by atoms with van der Waals surface area (Å²) in [6, 6.07) is 9.02. The monoisotopic (exact) mass is 216 g/mol. The summed E-state index contributed by atoms with van der Waals surface area (Å²) in [6.07, 6.45) is 4.98. The first-order valence-electron chi connectivity index (χ1n) is 5.43. The molecule has 2 aliphatic rings. The Balaban J connectivity index is 1.69. The molecule has 0 unspecified atom stereocenters. The van der Waals surface area contributed by atoms with Crippen LogP contribution in [0.25, 0.3) is 0 Å². The zero-order valence-corrected chi connectivity index (χ0v) is 8.71. The van der Waals surface area contributed by atoms with E-state index in [0.717, 1.165) is 6.42 Å². The van der Waals surface area contributed by atoms with Crippen LogP contribution in [-0.4, -0.2) is 24.3 Å². The number of carbonyl (C=O) groups excluding carboxylic acids is 1. The molecule has 0 amide bonds. The smallest absolute Gasteiger partial charge is 0.338 e. The highest BCUT2D eigenvalue weighted by atomic mass is 16.6. The highest BCUT2D eigenvalue weighted by molar-refractivity contribution is 5.89. The van der Waals surface area contributed by atoms with E-state index in [2.05, 4.69) is 0 Å². The Hall–Kier alpha value is -1.61. The summed E-state index contributed by atoms with van der Waals surface area (Å²) >= 11 is 0. The number of ether oxygens (including phenoxy) is 2. The van der Waals surface area contributed by atoms with Crippen molar-refractivity contribution in [1.29, 1.82) is 0 Å². The molecule has 82 valence electrons. The summed E-state index contributed by atoms with van der Waals surface area (Å²) in [6.45, 7) is 0. The van der Waals surface area contributed by atoms with Gasteiger partial charge in [0.05, 0.1) is 11.7 Å². The number of epoxide rings is 1. The van der Waals surface area contributed by atoms with Gasteiger partial charge in [-0.3, -0.25) is 0 Å². The van der Waals surface area contributed by atoms with Crippen LogP contribution in [0.15, 0.2) is 42.5 Å². The van der Waals surface area contributed by atoms with Gasteiger partial charge in [0.2, 0.25) is 0 Å². The lowest BCUT2D eigenvalue weighted by Crippen LogP contribution is -2.25. The third-order valence-corrected chi connectivity index (χ3v) is 2.89. The lowest BCUT2D eigenvalue weighted by molar-refractivity contribution is 0.0340. The SMILES string of the molecule is O=C(O[C@@H]1C=CC[C@@H]2O[C@@H]21)c1ccccc1. The molecule has 1 saturated heterocycles. The first kappa shape index (κ1) is 9.60. The fraction of sp³-hybridized carbons (Fsp3) is 0.308. The van der Waals surface area contributed by atoms with Crippen molar-refractivity contribution in [2.24, 2.45) is 0 Å². The van der Waals surface area contributed by atoms with E-state index in [1.165, 1.54) is 0 Å². The highest BCUT2D eigenvalue weighted by Crippen LogP contribution is 2.34. The van der Waals surface area contributed by atoms with Crippen molar-refractivity contribution in [2.75, 3.05) is 0 Å². The van der Waals surface area contributed by atoms with Gasteiger partial charge in [-0.15, -0.1) is 0 Å². The zero-order valence-electron chi connectivity index (χ0n) is 8.71. The van der Waals surface area contributed by atoms with Crippen LogP contribution in [0, 0.1) is 0 Å². The molecular formula is C13H12O3. The molecule has 16 heavy (non-hydrogen) atoms. The minimum atomic E-state index is -0.286. The Kier molecular flexibility index (Phi) is 2.26. The second-order valence-electron chi connectivity index (χ2n) is 4.04. The van der Waals surface area contributed by atoms with Crippen molar-refractivity contribution in [3.05, 3.63) is 48.0 Å². The molecule has 3 nitrogen and oxygen atoms in total. The summed E-state index contributed by atoms with van der Waals surface area (Å²) in [4.78, 5) is 11.8. The number of esters is 1. The predicted molar refractivity (Wildman–Crippen MR) is 58.1 cm³/mol. The molecule has 0 aromatic heterocycles. The molecule has 0 radical (unpaired) electrons. The van der Waals surface area contributed by atoms with Gasteiger partial charge in [-0.1, -0.05) is 24.3 Å². The topological polar surface area (TPSA) is 38.8 Å². The molecule has 1 aromatic carbocycles. The average Bonchev–Trinajstić information content (AvgIpc) is 3.10. The van der Waals surface area contributed by atoms with E-state index in [9.17, 15) is 4.79 Å². The third kappa shape index (κ3) is 1.74. The van der Waals surface area contributed by atoms with Crippen molar-refractivity contribution in [3.8, 4) is 0 Å². The van der Waals surface area contributed by atoms with Crippen LogP contribution in [0.4, 0.5) is 0 Å². The summed E-state index contributed by atoms with van der Waals surface area (Å²) < 4.78 is 10.8. The minimum absolute atomic E-state index is 0.0812. The van der Waals surface area contributed by atoms with Crippen LogP contribution in [0.3, 0.4) is 0 Å². The fourth-order valence-corrected chi connectivity index (χ4v) is 1.96. The number of fused-ring (bicyclic) bond motifs is 1. The average molecular weight is 216 g/mol. The van der Waals surface area contributed by atoms with Gasteiger partial charge in [-0.25, -0.2) is 4.79 Å². The Labute approximate surface area is 93.7 Å². The van der Waals surface area contributed by atoms with Crippen LogP contribution in [0.1, 0.15) is 16.8 Å². The summed E-state index contributed by atoms with van der Waals surface area (Å²) in [7, 11) is 0.